The molecule has 5 aromatic rings. The molecule has 1 N–H and O–H groups in total. The molecule has 0 aliphatic heterocycles. The summed E-state index contributed by atoms with van der Waals surface area (Å²) in [5, 5.41) is 18.3. The topological polar surface area (TPSA) is 125 Å². The summed E-state index contributed by atoms with van der Waals surface area (Å²) in [6, 6.07) is 17.0. The van der Waals surface area contributed by atoms with Crippen LogP contribution in [0.1, 0.15) is 9.67 Å². The van der Waals surface area contributed by atoms with Crippen LogP contribution in [0.2, 0.25) is 0 Å². The fraction of sp³-hybridized carbons (Fsp3) is 0. The Labute approximate surface area is 194 Å². The molecule has 0 unspecified atom stereocenters. The third-order valence-corrected chi connectivity index (χ3v) is 5.69. The average molecular weight is 476 g/mol. The number of hydrogen-bond acceptors (Lipinski definition) is 8. The van der Waals surface area contributed by atoms with Crippen molar-refractivity contribution in [3.05, 3.63) is 93.7 Å². The van der Waals surface area contributed by atoms with Crippen LogP contribution in [0.3, 0.4) is 0 Å². The van der Waals surface area contributed by atoms with Crippen molar-refractivity contribution in [2.45, 2.75) is 0 Å². The minimum Gasteiger partial charge on any atom is -0.424 e. The van der Waals surface area contributed by atoms with Gasteiger partial charge >= 0.3 is 11.0 Å². The van der Waals surface area contributed by atoms with Crippen molar-refractivity contribution in [2.24, 2.45) is 0 Å². The Morgan fingerprint density at radius 1 is 1.06 bits per heavy atom. The van der Waals surface area contributed by atoms with Crippen molar-refractivity contribution < 1.29 is 18.8 Å². The number of anilines is 1. The van der Waals surface area contributed by atoms with Crippen LogP contribution in [0, 0.1) is 15.9 Å². The van der Waals surface area contributed by atoms with E-state index < -0.39 is 16.6 Å². The Hall–Kier alpha value is -4.71. The second-order valence-corrected chi connectivity index (χ2v) is 7.95. The summed E-state index contributed by atoms with van der Waals surface area (Å²) in [5.41, 5.74) is 1.07. The number of aromatic nitrogens is 4. The fourth-order valence-electron chi connectivity index (χ4n) is 3.11. The third-order valence-electron chi connectivity index (χ3n) is 4.66. The van der Waals surface area contributed by atoms with Crippen molar-refractivity contribution in [3.8, 4) is 17.4 Å². The summed E-state index contributed by atoms with van der Waals surface area (Å²) in [4.78, 5) is 32.0. The highest BCUT2D eigenvalue weighted by atomic mass is 32.1. The number of thiophene rings is 1. The second-order valence-electron chi connectivity index (χ2n) is 6.89. The van der Waals surface area contributed by atoms with Gasteiger partial charge in [-0.25, -0.2) is 9.07 Å². The van der Waals surface area contributed by atoms with E-state index in [0.717, 1.165) is 17.0 Å². The Kier molecular flexibility index (Phi) is 5.40. The Morgan fingerprint density at radius 3 is 2.53 bits per heavy atom. The number of nitrogens with one attached hydrogen (secondary N) is 1. The van der Waals surface area contributed by atoms with Crippen LogP contribution in [0.15, 0.2) is 72.9 Å². The van der Waals surface area contributed by atoms with E-state index in [1.54, 1.807) is 4.68 Å². The summed E-state index contributed by atoms with van der Waals surface area (Å²) >= 11 is 0.742. The van der Waals surface area contributed by atoms with Gasteiger partial charge in [0, 0.05) is 6.07 Å². The molecule has 0 saturated heterocycles. The first-order valence-electron chi connectivity index (χ1n) is 9.78. The van der Waals surface area contributed by atoms with Crippen LogP contribution < -0.4 is 10.1 Å². The van der Waals surface area contributed by atoms with Crippen LogP contribution in [-0.4, -0.2) is 30.6 Å². The summed E-state index contributed by atoms with van der Waals surface area (Å²) in [5.74, 6) is -0.620. The van der Waals surface area contributed by atoms with Gasteiger partial charge in [-0.05, 0) is 42.5 Å². The molecule has 0 spiro atoms. The zero-order valence-electron chi connectivity index (χ0n) is 17.1. The number of nitrogens with zero attached hydrogens (tertiary/aromatic N) is 5. The van der Waals surface area contributed by atoms with Gasteiger partial charge in [0.2, 0.25) is 0 Å². The molecular formula is C22H13FN6O4S. The number of nitro groups is 1. The van der Waals surface area contributed by atoms with E-state index in [-0.39, 0.29) is 27.5 Å². The number of carbonyl (C=O) groups excluding carboxylic acids is 1. The largest absolute Gasteiger partial charge is 0.424 e. The first-order valence-corrected chi connectivity index (χ1v) is 10.6. The molecule has 5 rings (SSSR count). The highest BCUT2D eigenvalue weighted by molar-refractivity contribution is 7.17. The van der Waals surface area contributed by atoms with Gasteiger partial charge in [-0.2, -0.15) is 15.1 Å². The van der Waals surface area contributed by atoms with E-state index >= 15 is 0 Å². The summed E-state index contributed by atoms with van der Waals surface area (Å²) in [6.07, 6.45) is 1.50. The number of carbonyl (C=O) groups is 1. The summed E-state index contributed by atoms with van der Waals surface area (Å²) in [7, 11) is 0. The van der Waals surface area contributed by atoms with Gasteiger partial charge in [0.15, 0.2) is 11.5 Å². The van der Waals surface area contributed by atoms with Crippen LogP contribution >= 0.6 is 11.3 Å². The number of rotatable bonds is 6. The molecule has 10 nitrogen and oxygen atoms in total. The third kappa shape index (κ3) is 4.17. The molecule has 2 aromatic carbocycles. The fourth-order valence-corrected chi connectivity index (χ4v) is 3.83. The van der Waals surface area contributed by atoms with Gasteiger partial charge in [-0.3, -0.25) is 14.9 Å². The van der Waals surface area contributed by atoms with E-state index in [1.807, 2.05) is 30.3 Å². The van der Waals surface area contributed by atoms with Crippen LogP contribution in [0.5, 0.6) is 11.8 Å². The van der Waals surface area contributed by atoms with Gasteiger partial charge in [-0.15, -0.1) is 0 Å². The number of hydrogen-bond donors (Lipinski definition) is 1. The SMILES string of the molecule is O=C(Nc1nc(Oc2ccc(F)cc2)nc2c1cnn2-c1ccccc1)c1ccc([N+](=O)[O-])s1. The first-order chi connectivity index (χ1) is 16.5. The maximum Gasteiger partial charge on any atom is 0.326 e. The highest BCUT2D eigenvalue weighted by Crippen LogP contribution is 2.29. The summed E-state index contributed by atoms with van der Waals surface area (Å²) < 4.78 is 20.5. The van der Waals surface area contributed by atoms with Crippen LogP contribution in [0.4, 0.5) is 15.2 Å². The predicted octanol–water partition coefficient (Wildman–Crippen LogP) is 4.97. The molecule has 0 aliphatic carbocycles. The molecule has 1 amide bonds. The average Bonchev–Trinajstić information content (AvgIpc) is 3.49. The number of para-hydroxylation sites is 1. The molecular weight excluding hydrogens is 463 g/mol. The number of benzene rings is 2. The number of amides is 1. The van der Waals surface area contributed by atoms with Gasteiger partial charge in [-0.1, -0.05) is 29.5 Å². The van der Waals surface area contributed by atoms with Gasteiger partial charge in [0.25, 0.3) is 5.91 Å². The van der Waals surface area contributed by atoms with Crippen LogP contribution in [-0.2, 0) is 0 Å². The summed E-state index contributed by atoms with van der Waals surface area (Å²) in [6.45, 7) is 0. The second kappa shape index (κ2) is 8.67. The van der Waals surface area contributed by atoms with E-state index in [4.69, 9.17) is 4.74 Å². The monoisotopic (exact) mass is 476 g/mol. The zero-order valence-corrected chi connectivity index (χ0v) is 17.9. The number of ether oxygens (including phenoxy) is 1. The first kappa shape index (κ1) is 21.2. The Bertz CT molecular complexity index is 1520. The van der Waals surface area contributed by atoms with E-state index in [1.165, 1.54) is 42.6 Å². The molecule has 12 heteroatoms. The normalized spacial score (nSPS) is 10.9. The maximum absolute atomic E-state index is 13.3. The predicted molar refractivity (Wildman–Crippen MR) is 122 cm³/mol. The molecule has 0 bridgehead atoms. The molecule has 0 radical (unpaired) electrons. The standard InChI is InChI=1S/C22H13FN6O4S/c23-13-6-8-15(9-7-13)33-22-26-19(25-21(30)17-10-11-18(34-17)29(31)32)16-12-24-28(20(16)27-22)14-4-2-1-3-5-14/h1-12H,(H,25,26,27,30). The molecule has 3 heterocycles. The van der Waals surface area contributed by atoms with E-state index in [2.05, 4.69) is 20.4 Å². The lowest BCUT2D eigenvalue weighted by atomic mass is 10.3. The minimum atomic E-state index is -0.585. The van der Waals surface area contributed by atoms with Crippen molar-refractivity contribution in [2.75, 3.05) is 5.32 Å². The lowest BCUT2D eigenvalue weighted by Gasteiger charge is -2.09. The zero-order chi connectivity index (χ0) is 23.7. The minimum absolute atomic E-state index is 0.102. The molecule has 34 heavy (non-hydrogen) atoms. The molecule has 168 valence electrons. The highest BCUT2D eigenvalue weighted by Gasteiger charge is 2.20. The maximum atomic E-state index is 13.3. The molecule has 3 aromatic heterocycles. The van der Waals surface area contributed by atoms with E-state index in [9.17, 15) is 19.3 Å². The van der Waals surface area contributed by atoms with Crippen molar-refractivity contribution >= 4 is 39.1 Å². The quantitative estimate of drug-likeness (QED) is 0.271. The van der Waals surface area contributed by atoms with Crippen molar-refractivity contribution in [3.63, 3.8) is 0 Å². The lowest BCUT2D eigenvalue weighted by molar-refractivity contribution is -0.380. The molecule has 0 atom stereocenters. The van der Waals surface area contributed by atoms with Crippen molar-refractivity contribution in [1.82, 2.24) is 19.7 Å². The van der Waals surface area contributed by atoms with E-state index in [0.29, 0.717) is 11.0 Å². The van der Waals surface area contributed by atoms with Crippen LogP contribution in [0.25, 0.3) is 16.7 Å². The number of halogens is 1. The lowest BCUT2D eigenvalue weighted by Crippen LogP contribution is -2.12. The number of fused-ring (bicyclic) bond motifs is 1. The van der Waals surface area contributed by atoms with Gasteiger partial charge in [0.05, 0.1) is 27.1 Å². The molecule has 0 fully saturated rings. The van der Waals surface area contributed by atoms with Gasteiger partial charge in [0.1, 0.15) is 11.6 Å². The smallest absolute Gasteiger partial charge is 0.326 e. The molecule has 0 aliphatic rings. The van der Waals surface area contributed by atoms with Gasteiger partial charge < -0.3 is 10.1 Å². The molecule has 0 saturated carbocycles. The van der Waals surface area contributed by atoms with Crippen molar-refractivity contribution in [1.29, 1.82) is 0 Å². The Morgan fingerprint density at radius 2 is 1.82 bits per heavy atom. The Balaban J connectivity index is 1.57.